The average Bonchev–Trinajstić information content (AvgIpc) is 3.38. The van der Waals surface area contributed by atoms with Crippen molar-refractivity contribution >= 4 is 87.0 Å². The van der Waals surface area contributed by atoms with E-state index in [4.69, 9.17) is 58.0 Å². The number of amides is 2. The van der Waals surface area contributed by atoms with Crippen LogP contribution in [0.1, 0.15) is 39.9 Å². The van der Waals surface area contributed by atoms with Gasteiger partial charge >= 0.3 is 0 Å². The van der Waals surface area contributed by atoms with Crippen LogP contribution in [0.25, 0.3) is 0 Å². The number of ketones is 1. The van der Waals surface area contributed by atoms with Gasteiger partial charge in [0.2, 0.25) is 11.8 Å². The fourth-order valence-corrected chi connectivity index (χ4v) is 5.90. The number of alkyl halides is 2. The molecule has 2 N–H and O–H groups in total. The van der Waals surface area contributed by atoms with Gasteiger partial charge in [0.05, 0.1) is 10.9 Å². The second-order valence-corrected chi connectivity index (χ2v) is 11.7. The molecule has 2 atom stereocenters. The summed E-state index contributed by atoms with van der Waals surface area (Å²) in [6, 6.07) is 14.9. The van der Waals surface area contributed by atoms with E-state index in [0.29, 0.717) is 27.0 Å². The molecule has 3 aromatic rings. The molecule has 0 aromatic heterocycles. The Bertz CT molecular complexity index is 1400. The molecule has 0 heterocycles. The topological polar surface area (TPSA) is 75.3 Å². The maximum Gasteiger partial charge on any atom is 0.231 e. The third-order valence-corrected chi connectivity index (χ3v) is 7.83. The van der Waals surface area contributed by atoms with Gasteiger partial charge in [0, 0.05) is 46.2 Å². The highest BCUT2D eigenvalue weighted by atomic mass is 35.5. The van der Waals surface area contributed by atoms with Crippen LogP contribution in [0.2, 0.25) is 15.1 Å². The normalized spacial score (nSPS) is 17.7. The van der Waals surface area contributed by atoms with Gasteiger partial charge in [-0.25, -0.2) is 0 Å². The lowest BCUT2D eigenvalue weighted by molar-refractivity contribution is -0.117. The van der Waals surface area contributed by atoms with Gasteiger partial charge in [-0.05, 0) is 72.1 Å². The van der Waals surface area contributed by atoms with Gasteiger partial charge in [-0.1, -0.05) is 40.9 Å². The molecule has 0 radical (unpaired) electrons. The third kappa shape index (κ3) is 6.24. The summed E-state index contributed by atoms with van der Waals surface area (Å²) in [7, 11) is 0. The van der Waals surface area contributed by atoms with Crippen LogP contribution in [-0.2, 0) is 16.0 Å². The van der Waals surface area contributed by atoms with Gasteiger partial charge in [-0.2, -0.15) is 0 Å². The molecule has 0 spiro atoms. The minimum atomic E-state index is -1.33. The average molecular weight is 599 g/mol. The molecule has 1 aliphatic rings. The molecular weight excluding hydrogens is 578 g/mol. The zero-order valence-corrected chi connectivity index (χ0v) is 23.5. The molecule has 10 heteroatoms. The van der Waals surface area contributed by atoms with Crippen molar-refractivity contribution in [1.82, 2.24) is 0 Å². The monoisotopic (exact) mass is 596 g/mol. The minimum Gasteiger partial charge on any atom is -0.326 e. The highest BCUT2D eigenvalue weighted by Gasteiger charge is 2.67. The molecule has 5 nitrogen and oxygen atoms in total. The highest BCUT2D eigenvalue weighted by Crippen LogP contribution is 2.65. The first kappa shape index (κ1) is 27.7. The van der Waals surface area contributed by atoms with Crippen molar-refractivity contribution in [2.24, 2.45) is 5.92 Å². The lowest BCUT2D eigenvalue weighted by Gasteiger charge is -2.11. The number of hydrogen-bond acceptors (Lipinski definition) is 3. The number of aryl methyl sites for hydroxylation is 1. The number of rotatable bonds is 7. The van der Waals surface area contributed by atoms with Crippen LogP contribution in [-0.4, -0.2) is 21.9 Å². The summed E-state index contributed by atoms with van der Waals surface area (Å²) in [5.41, 5.74) is 3.60. The van der Waals surface area contributed by atoms with Crippen LogP contribution in [0.4, 0.5) is 11.4 Å². The molecule has 1 aliphatic carbocycles. The Morgan fingerprint density at radius 1 is 0.865 bits per heavy atom. The van der Waals surface area contributed by atoms with E-state index in [1.165, 1.54) is 13.0 Å². The largest absolute Gasteiger partial charge is 0.326 e. The summed E-state index contributed by atoms with van der Waals surface area (Å²) in [4.78, 5) is 37.4. The first-order valence-corrected chi connectivity index (χ1v) is 13.1. The molecule has 37 heavy (non-hydrogen) atoms. The fraction of sp³-hybridized carbons (Fsp3) is 0.222. The Hall–Kier alpha value is -2.28. The molecule has 1 fully saturated rings. The molecule has 192 valence electrons. The maximum atomic E-state index is 13.1. The lowest BCUT2D eigenvalue weighted by atomic mass is 9.98. The van der Waals surface area contributed by atoms with Crippen LogP contribution in [0.3, 0.4) is 0 Å². The van der Waals surface area contributed by atoms with Gasteiger partial charge in [-0.3, -0.25) is 14.4 Å². The second kappa shape index (κ2) is 10.8. The Kier molecular flexibility index (Phi) is 8.13. The predicted octanol–water partition coefficient (Wildman–Crippen LogP) is 7.87. The van der Waals surface area contributed by atoms with Crippen molar-refractivity contribution in [1.29, 1.82) is 0 Å². The predicted molar refractivity (Wildman–Crippen MR) is 151 cm³/mol. The van der Waals surface area contributed by atoms with Crippen molar-refractivity contribution in [2.45, 2.75) is 30.5 Å². The van der Waals surface area contributed by atoms with Crippen LogP contribution in [0, 0.1) is 12.8 Å². The Morgan fingerprint density at radius 3 is 2.11 bits per heavy atom. The summed E-state index contributed by atoms with van der Waals surface area (Å²) in [5.74, 6) is -2.05. The van der Waals surface area contributed by atoms with E-state index in [0.717, 1.165) is 11.1 Å². The molecular formula is C27H21Cl5N2O3. The molecule has 0 bridgehead atoms. The summed E-state index contributed by atoms with van der Waals surface area (Å²) in [6.07, 6.45) is 0.0933. The number of nitrogens with one attached hydrogen (secondary N) is 2. The quantitative estimate of drug-likeness (QED) is 0.215. The molecule has 3 aromatic carbocycles. The Balaban J connectivity index is 1.49. The van der Waals surface area contributed by atoms with Gasteiger partial charge in [0.25, 0.3) is 0 Å². The fourth-order valence-electron chi connectivity index (χ4n) is 4.30. The Labute approximate surface area is 239 Å². The van der Waals surface area contributed by atoms with Gasteiger partial charge in [-0.15, -0.1) is 23.2 Å². The van der Waals surface area contributed by atoms with E-state index in [1.54, 1.807) is 48.5 Å². The number of halogens is 5. The first-order chi connectivity index (χ1) is 17.4. The van der Waals surface area contributed by atoms with E-state index >= 15 is 0 Å². The molecule has 2 amide bonds. The van der Waals surface area contributed by atoms with E-state index < -0.39 is 22.1 Å². The highest BCUT2D eigenvalue weighted by molar-refractivity contribution is 6.53. The number of carbonyl (C=O) groups excluding carboxylic acids is 3. The number of Topliss-reactive ketones (excluding diaryl/α,β-unsaturated/α-hetero) is 1. The number of hydrogen-bond donors (Lipinski definition) is 2. The maximum absolute atomic E-state index is 13.1. The van der Waals surface area contributed by atoms with Crippen molar-refractivity contribution < 1.29 is 14.4 Å². The summed E-state index contributed by atoms with van der Waals surface area (Å²) < 4.78 is -1.33. The van der Waals surface area contributed by atoms with E-state index in [-0.39, 0.29) is 28.7 Å². The van der Waals surface area contributed by atoms with Crippen LogP contribution in [0.15, 0.2) is 54.6 Å². The van der Waals surface area contributed by atoms with Gasteiger partial charge < -0.3 is 10.6 Å². The van der Waals surface area contributed by atoms with Gasteiger partial charge in [0.15, 0.2) is 5.78 Å². The van der Waals surface area contributed by atoms with Crippen molar-refractivity contribution in [3.63, 3.8) is 0 Å². The van der Waals surface area contributed by atoms with E-state index in [2.05, 4.69) is 10.6 Å². The zero-order valence-electron chi connectivity index (χ0n) is 19.7. The summed E-state index contributed by atoms with van der Waals surface area (Å²) >= 11 is 31.4. The van der Waals surface area contributed by atoms with Crippen LogP contribution in [0.5, 0.6) is 0 Å². The Morgan fingerprint density at radius 2 is 1.49 bits per heavy atom. The lowest BCUT2D eigenvalue weighted by Crippen LogP contribution is -2.17. The molecule has 2 unspecified atom stereocenters. The summed E-state index contributed by atoms with van der Waals surface area (Å²) in [6.45, 7) is 3.28. The van der Waals surface area contributed by atoms with Crippen LogP contribution >= 0.6 is 58.0 Å². The third-order valence-electron chi connectivity index (χ3n) is 6.13. The molecule has 4 rings (SSSR count). The zero-order chi connectivity index (χ0) is 27.1. The molecule has 0 aliphatic heterocycles. The SMILES string of the molecule is CC(=O)Nc1ccc(CC(=O)c2cc(NC(=O)C3C(c4cc(Cl)cc(Cl)c4)C3(Cl)Cl)ccc2Cl)c(C)c1. The number of benzene rings is 3. The van der Waals surface area contributed by atoms with E-state index in [9.17, 15) is 14.4 Å². The molecule has 0 saturated heterocycles. The van der Waals surface area contributed by atoms with Crippen molar-refractivity contribution in [3.05, 3.63) is 91.9 Å². The van der Waals surface area contributed by atoms with Crippen molar-refractivity contribution in [3.8, 4) is 0 Å². The minimum absolute atomic E-state index is 0.0933. The first-order valence-electron chi connectivity index (χ1n) is 11.2. The molecule has 1 saturated carbocycles. The van der Waals surface area contributed by atoms with Crippen LogP contribution < -0.4 is 10.6 Å². The van der Waals surface area contributed by atoms with E-state index in [1.807, 2.05) is 6.92 Å². The van der Waals surface area contributed by atoms with Gasteiger partial charge in [0.1, 0.15) is 4.33 Å². The van der Waals surface area contributed by atoms with Crippen molar-refractivity contribution in [2.75, 3.05) is 10.6 Å². The number of anilines is 2. The second-order valence-electron chi connectivity index (χ2n) is 8.94. The number of carbonyl (C=O) groups is 3. The smallest absolute Gasteiger partial charge is 0.231 e. The standard InChI is InChI=1S/C27H21Cl5N2O3/c1-13-7-19(33-14(2)35)4-3-15(13)10-23(36)21-12-20(5-6-22(21)30)34-26(37)25-24(27(25,31)32)16-8-17(28)11-18(29)9-16/h3-9,11-12,24-25H,10H2,1-2H3,(H,33,35)(H,34,37). The summed E-state index contributed by atoms with van der Waals surface area (Å²) in [5, 5.41) is 6.59.